The first-order valence-electron chi connectivity index (χ1n) is 8.62. The van der Waals surface area contributed by atoms with Crippen molar-refractivity contribution < 1.29 is 9.53 Å². The van der Waals surface area contributed by atoms with Crippen molar-refractivity contribution in [2.45, 2.75) is 19.9 Å². The zero-order chi connectivity index (χ0) is 18.4. The van der Waals surface area contributed by atoms with E-state index in [1.165, 1.54) is 10.1 Å². The third-order valence-corrected chi connectivity index (χ3v) is 5.14. The molecule has 1 aliphatic rings. The van der Waals surface area contributed by atoms with Gasteiger partial charge in [0.25, 0.3) is 11.5 Å². The molecule has 3 heterocycles. The summed E-state index contributed by atoms with van der Waals surface area (Å²) in [6.45, 7) is 3.08. The number of pyridine rings is 1. The normalized spacial score (nSPS) is 13.7. The second kappa shape index (κ2) is 6.05. The minimum Gasteiger partial charge on any atom is -0.497 e. The maximum absolute atomic E-state index is 13.1. The van der Waals surface area contributed by atoms with E-state index in [2.05, 4.69) is 11.1 Å². The number of carbonyl (C=O) groups excluding carboxylic acids is 1. The molecule has 0 aliphatic carbocycles. The van der Waals surface area contributed by atoms with Crippen LogP contribution in [0.15, 0.2) is 35.4 Å². The SMILES string of the molecule is COc1ccc2c(c1)CN(C(=O)c1c[nH]c3c(C)cn(C)c(=O)c13)CC2. The maximum atomic E-state index is 13.1. The Bertz CT molecular complexity index is 1080. The van der Waals surface area contributed by atoms with Crippen molar-refractivity contribution in [1.29, 1.82) is 0 Å². The Balaban J connectivity index is 1.73. The molecule has 1 N–H and O–H groups in total. The molecular formula is C20H21N3O3. The average Bonchev–Trinajstić information content (AvgIpc) is 3.10. The summed E-state index contributed by atoms with van der Waals surface area (Å²) in [5, 5.41) is 0.467. The smallest absolute Gasteiger partial charge is 0.260 e. The number of hydrogen-bond donors (Lipinski definition) is 1. The number of aryl methyl sites for hydroxylation is 2. The average molecular weight is 351 g/mol. The second-order valence-corrected chi connectivity index (χ2v) is 6.79. The van der Waals surface area contributed by atoms with Gasteiger partial charge >= 0.3 is 0 Å². The summed E-state index contributed by atoms with van der Waals surface area (Å²) in [5.74, 6) is 0.669. The van der Waals surface area contributed by atoms with Crippen LogP contribution in [-0.4, -0.2) is 34.0 Å². The molecule has 0 fully saturated rings. The van der Waals surface area contributed by atoms with E-state index in [0.717, 1.165) is 28.8 Å². The predicted molar refractivity (Wildman–Crippen MR) is 99.7 cm³/mol. The van der Waals surface area contributed by atoms with Crippen molar-refractivity contribution in [2.75, 3.05) is 13.7 Å². The van der Waals surface area contributed by atoms with Gasteiger partial charge < -0.3 is 19.2 Å². The monoisotopic (exact) mass is 351 g/mol. The van der Waals surface area contributed by atoms with Crippen molar-refractivity contribution in [3.05, 3.63) is 63.2 Å². The zero-order valence-corrected chi connectivity index (χ0v) is 15.1. The second-order valence-electron chi connectivity index (χ2n) is 6.79. The molecule has 26 heavy (non-hydrogen) atoms. The lowest BCUT2D eigenvalue weighted by atomic mass is 9.98. The van der Waals surface area contributed by atoms with Crippen molar-refractivity contribution in [3.8, 4) is 5.75 Å². The third kappa shape index (κ3) is 2.49. The quantitative estimate of drug-likeness (QED) is 0.771. The zero-order valence-electron chi connectivity index (χ0n) is 15.1. The minimum atomic E-state index is -0.158. The van der Waals surface area contributed by atoms with E-state index >= 15 is 0 Å². The van der Waals surface area contributed by atoms with Gasteiger partial charge in [-0.2, -0.15) is 0 Å². The summed E-state index contributed by atoms with van der Waals surface area (Å²) >= 11 is 0. The number of amides is 1. The van der Waals surface area contributed by atoms with Crippen molar-refractivity contribution in [3.63, 3.8) is 0 Å². The highest BCUT2D eigenvalue weighted by atomic mass is 16.5. The van der Waals surface area contributed by atoms with Gasteiger partial charge in [0.05, 0.1) is 23.6 Å². The number of nitrogens with one attached hydrogen (secondary N) is 1. The lowest BCUT2D eigenvalue weighted by Gasteiger charge is -2.29. The van der Waals surface area contributed by atoms with Gasteiger partial charge in [-0.05, 0) is 42.2 Å². The van der Waals surface area contributed by atoms with E-state index < -0.39 is 0 Å². The third-order valence-electron chi connectivity index (χ3n) is 5.14. The van der Waals surface area contributed by atoms with Gasteiger partial charge in [0.2, 0.25) is 0 Å². The molecule has 6 heteroatoms. The number of aromatic nitrogens is 2. The molecule has 2 aromatic heterocycles. The topological polar surface area (TPSA) is 67.3 Å². The van der Waals surface area contributed by atoms with Gasteiger partial charge in [-0.15, -0.1) is 0 Å². The van der Waals surface area contributed by atoms with Crippen molar-refractivity contribution >= 4 is 16.8 Å². The lowest BCUT2D eigenvalue weighted by Crippen LogP contribution is -2.36. The van der Waals surface area contributed by atoms with Gasteiger partial charge in [0.1, 0.15) is 5.75 Å². The molecule has 0 saturated carbocycles. The van der Waals surface area contributed by atoms with Crippen molar-refractivity contribution in [2.24, 2.45) is 7.05 Å². The predicted octanol–water partition coefficient (Wildman–Crippen LogP) is 2.38. The van der Waals surface area contributed by atoms with E-state index in [9.17, 15) is 9.59 Å². The van der Waals surface area contributed by atoms with Crippen LogP contribution in [0.1, 0.15) is 27.0 Å². The molecule has 0 radical (unpaired) electrons. The number of fused-ring (bicyclic) bond motifs is 2. The maximum Gasteiger partial charge on any atom is 0.260 e. The van der Waals surface area contributed by atoms with Gasteiger partial charge in [0, 0.05) is 32.5 Å². The number of nitrogens with zero attached hydrogens (tertiary/aromatic N) is 2. The van der Waals surface area contributed by atoms with Crippen molar-refractivity contribution in [1.82, 2.24) is 14.5 Å². The first-order chi connectivity index (χ1) is 12.5. The molecule has 1 aliphatic heterocycles. The number of carbonyl (C=O) groups is 1. The molecule has 0 saturated heterocycles. The van der Waals surface area contributed by atoms with E-state index in [1.54, 1.807) is 31.5 Å². The van der Waals surface area contributed by atoms with Crippen LogP contribution in [0.3, 0.4) is 0 Å². The van der Waals surface area contributed by atoms with Crippen LogP contribution in [0.5, 0.6) is 5.75 Å². The Kier molecular flexibility index (Phi) is 3.83. The van der Waals surface area contributed by atoms with E-state index in [-0.39, 0.29) is 11.5 Å². The number of H-pyrrole nitrogens is 1. The van der Waals surface area contributed by atoms with Gasteiger partial charge in [-0.25, -0.2) is 0 Å². The molecule has 0 unspecified atom stereocenters. The van der Waals surface area contributed by atoms with E-state index in [0.29, 0.717) is 24.0 Å². The number of aromatic amines is 1. The minimum absolute atomic E-state index is 0.118. The standard InChI is InChI=1S/C20H21N3O3/c1-12-10-22(2)20(25)17-16(9-21-18(12)17)19(24)23-7-6-13-4-5-15(26-3)8-14(13)11-23/h4-5,8-10,21H,6-7,11H2,1-3H3. The highest BCUT2D eigenvalue weighted by molar-refractivity contribution is 6.07. The van der Waals surface area contributed by atoms with Crippen LogP contribution in [0.25, 0.3) is 10.9 Å². The molecule has 4 rings (SSSR count). The van der Waals surface area contributed by atoms with Gasteiger partial charge in [-0.3, -0.25) is 9.59 Å². The Morgan fingerprint density at radius 1 is 1.27 bits per heavy atom. The number of rotatable bonds is 2. The van der Waals surface area contributed by atoms with E-state index in [4.69, 9.17) is 4.74 Å². The lowest BCUT2D eigenvalue weighted by molar-refractivity contribution is 0.0736. The first-order valence-corrected chi connectivity index (χ1v) is 8.62. The van der Waals surface area contributed by atoms with Crippen LogP contribution in [0.4, 0.5) is 0 Å². The molecule has 6 nitrogen and oxygen atoms in total. The Labute approximate surface area is 151 Å². The van der Waals surface area contributed by atoms with Crippen LogP contribution >= 0.6 is 0 Å². The first kappa shape index (κ1) is 16.4. The summed E-state index contributed by atoms with van der Waals surface area (Å²) in [6, 6.07) is 5.98. The molecule has 134 valence electrons. The fraction of sp³-hybridized carbons (Fsp3) is 0.300. The van der Waals surface area contributed by atoms with Crippen LogP contribution in [0, 0.1) is 6.92 Å². The molecule has 0 atom stereocenters. The van der Waals surface area contributed by atoms with Gasteiger partial charge in [0.15, 0.2) is 0 Å². The highest BCUT2D eigenvalue weighted by Crippen LogP contribution is 2.26. The fourth-order valence-corrected chi connectivity index (χ4v) is 3.72. The molecule has 1 aromatic carbocycles. The van der Waals surface area contributed by atoms with Crippen LogP contribution in [-0.2, 0) is 20.0 Å². The Hall–Kier alpha value is -3.02. The number of ether oxygens (including phenoxy) is 1. The summed E-state index contributed by atoms with van der Waals surface area (Å²) in [6.07, 6.45) is 4.23. The molecule has 0 bridgehead atoms. The van der Waals surface area contributed by atoms with Crippen LogP contribution in [0.2, 0.25) is 0 Å². The number of hydrogen-bond acceptors (Lipinski definition) is 3. The number of methoxy groups -OCH3 is 1. The molecular weight excluding hydrogens is 330 g/mol. The van der Waals surface area contributed by atoms with Crippen LogP contribution < -0.4 is 10.3 Å². The Morgan fingerprint density at radius 2 is 2.08 bits per heavy atom. The summed E-state index contributed by atoms with van der Waals surface area (Å²) < 4.78 is 6.82. The summed E-state index contributed by atoms with van der Waals surface area (Å²) in [4.78, 5) is 30.6. The van der Waals surface area contributed by atoms with E-state index in [1.807, 2.05) is 19.1 Å². The molecule has 0 spiro atoms. The Morgan fingerprint density at radius 3 is 2.85 bits per heavy atom. The summed E-state index contributed by atoms with van der Waals surface area (Å²) in [5.41, 5.74) is 4.28. The molecule has 1 amide bonds. The number of benzene rings is 1. The summed E-state index contributed by atoms with van der Waals surface area (Å²) in [7, 11) is 3.34. The van der Waals surface area contributed by atoms with Gasteiger partial charge in [-0.1, -0.05) is 6.07 Å². The molecule has 3 aromatic rings. The fourth-order valence-electron chi connectivity index (χ4n) is 3.72. The highest BCUT2D eigenvalue weighted by Gasteiger charge is 2.25. The largest absolute Gasteiger partial charge is 0.497 e.